The number of benzene rings is 1. The lowest BCUT2D eigenvalue weighted by Crippen LogP contribution is -2.02. The van der Waals surface area contributed by atoms with E-state index in [1.165, 1.54) is 16.3 Å². The molecule has 0 amide bonds. The van der Waals surface area contributed by atoms with Gasteiger partial charge in [0, 0.05) is 17.8 Å². The van der Waals surface area contributed by atoms with Gasteiger partial charge in [0.1, 0.15) is 5.60 Å². The highest BCUT2D eigenvalue weighted by atomic mass is 16.6. The summed E-state index contributed by atoms with van der Waals surface area (Å²) in [6.45, 7) is 2.95. The summed E-state index contributed by atoms with van der Waals surface area (Å²) in [6, 6.07) is 8.33. The van der Waals surface area contributed by atoms with Crippen LogP contribution in [0.3, 0.4) is 0 Å². The second kappa shape index (κ2) is 2.55. The van der Waals surface area contributed by atoms with Gasteiger partial charge in [0.2, 0.25) is 0 Å². The topological polar surface area (TPSA) is 25.4 Å². The van der Waals surface area contributed by atoms with Crippen LogP contribution in [-0.4, -0.2) is 11.6 Å². The summed E-state index contributed by atoms with van der Waals surface area (Å²) in [5.41, 5.74) is 1.22. The fourth-order valence-electron chi connectivity index (χ4n) is 1.85. The lowest BCUT2D eigenvalue weighted by Gasteiger charge is -2.08. The number of rotatable bonds is 1. The van der Waals surface area contributed by atoms with Gasteiger partial charge in [0.05, 0.1) is 6.61 Å². The highest BCUT2D eigenvalue weighted by Crippen LogP contribution is 2.40. The highest BCUT2D eigenvalue weighted by Gasteiger charge is 2.42. The van der Waals surface area contributed by atoms with E-state index in [0.717, 1.165) is 6.61 Å². The number of aromatic nitrogens is 1. The largest absolute Gasteiger partial charge is 0.365 e. The van der Waals surface area contributed by atoms with Gasteiger partial charge in [-0.3, -0.25) is 4.98 Å². The van der Waals surface area contributed by atoms with Crippen molar-refractivity contribution in [2.45, 2.75) is 12.5 Å². The molecule has 0 aliphatic carbocycles. The Morgan fingerprint density at radius 3 is 3.00 bits per heavy atom. The van der Waals surface area contributed by atoms with Crippen LogP contribution in [-0.2, 0) is 10.3 Å². The van der Waals surface area contributed by atoms with Crippen molar-refractivity contribution in [3.8, 4) is 0 Å². The van der Waals surface area contributed by atoms with Crippen molar-refractivity contribution in [3.63, 3.8) is 0 Å². The molecule has 3 rings (SSSR count). The molecule has 1 fully saturated rings. The quantitative estimate of drug-likeness (QED) is 0.638. The average Bonchev–Trinajstić information content (AvgIpc) is 2.97. The van der Waals surface area contributed by atoms with Crippen molar-refractivity contribution in [1.82, 2.24) is 4.98 Å². The molecule has 70 valence electrons. The molecule has 2 aromatic rings. The van der Waals surface area contributed by atoms with Crippen molar-refractivity contribution in [1.29, 1.82) is 0 Å². The molecule has 1 saturated heterocycles. The van der Waals surface area contributed by atoms with Gasteiger partial charge < -0.3 is 4.74 Å². The monoisotopic (exact) mass is 185 g/mol. The molecule has 0 radical (unpaired) electrons. The molecule has 1 atom stereocenters. The Morgan fingerprint density at radius 1 is 1.36 bits per heavy atom. The highest BCUT2D eigenvalue weighted by molar-refractivity contribution is 5.85. The Hall–Kier alpha value is -1.41. The van der Waals surface area contributed by atoms with E-state index in [2.05, 4.69) is 36.2 Å². The van der Waals surface area contributed by atoms with Gasteiger partial charge in [0.25, 0.3) is 0 Å². The van der Waals surface area contributed by atoms with E-state index in [9.17, 15) is 0 Å². The predicted octanol–water partition coefficient (Wildman–Crippen LogP) is 2.48. The van der Waals surface area contributed by atoms with Crippen LogP contribution in [0.5, 0.6) is 0 Å². The van der Waals surface area contributed by atoms with Gasteiger partial charge in [-0.2, -0.15) is 0 Å². The fraction of sp³-hybridized carbons (Fsp3) is 0.250. The van der Waals surface area contributed by atoms with E-state index in [1.54, 1.807) is 0 Å². The predicted molar refractivity (Wildman–Crippen MR) is 55.0 cm³/mol. The summed E-state index contributed by atoms with van der Waals surface area (Å²) < 4.78 is 5.47. The molecular weight excluding hydrogens is 174 g/mol. The minimum absolute atomic E-state index is 0.0547. The Morgan fingerprint density at radius 2 is 2.21 bits per heavy atom. The first-order chi connectivity index (χ1) is 6.80. The van der Waals surface area contributed by atoms with Crippen molar-refractivity contribution in [2.75, 3.05) is 6.61 Å². The zero-order valence-corrected chi connectivity index (χ0v) is 8.03. The van der Waals surface area contributed by atoms with Crippen molar-refractivity contribution < 1.29 is 4.74 Å². The molecule has 0 saturated carbocycles. The average molecular weight is 185 g/mol. The second-order valence-corrected chi connectivity index (χ2v) is 3.92. The van der Waals surface area contributed by atoms with E-state index in [0.29, 0.717) is 0 Å². The normalized spacial score (nSPS) is 25.2. The molecule has 2 nitrogen and oxygen atoms in total. The van der Waals surface area contributed by atoms with Crippen LogP contribution in [0.2, 0.25) is 0 Å². The molecule has 1 unspecified atom stereocenters. The summed E-state index contributed by atoms with van der Waals surface area (Å²) in [5.74, 6) is 0. The Labute approximate surface area is 82.5 Å². The van der Waals surface area contributed by atoms with Crippen molar-refractivity contribution >= 4 is 10.8 Å². The third-order valence-corrected chi connectivity index (χ3v) is 2.83. The van der Waals surface area contributed by atoms with Gasteiger partial charge in [-0.25, -0.2) is 0 Å². The third kappa shape index (κ3) is 1.04. The van der Waals surface area contributed by atoms with E-state index in [4.69, 9.17) is 4.74 Å². The van der Waals surface area contributed by atoms with E-state index < -0.39 is 0 Å². The van der Waals surface area contributed by atoms with Crippen LogP contribution in [0.4, 0.5) is 0 Å². The fourth-order valence-corrected chi connectivity index (χ4v) is 1.85. The Kier molecular flexibility index (Phi) is 1.45. The number of hydrogen-bond acceptors (Lipinski definition) is 2. The number of pyridine rings is 1. The molecule has 2 heterocycles. The van der Waals surface area contributed by atoms with Gasteiger partial charge >= 0.3 is 0 Å². The van der Waals surface area contributed by atoms with Crippen molar-refractivity contribution in [2.24, 2.45) is 0 Å². The molecular formula is C12H11NO. The maximum atomic E-state index is 5.47. The summed E-state index contributed by atoms with van der Waals surface area (Å²) >= 11 is 0. The van der Waals surface area contributed by atoms with Crippen LogP contribution in [0.15, 0.2) is 36.7 Å². The van der Waals surface area contributed by atoms with Gasteiger partial charge in [-0.05, 0) is 23.9 Å². The number of epoxide rings is 1. The summed E-state index contributed by atoms with van der Waals surface area (Å²) in [7, 11) is 0. The lowest BCUT2D eigenvalue weighted by atomic mass is 9.96. The molecule has 14 heavy (non-hydrogen) atoms. The van der Waals surface area contributed by atoms with Crippen LogP contribution in [0.1, 0.15) is 12.5 Å². The Bertz CT molecular complexity index is 483. The Balaban J connectivity index is 2.33. The summed E-state index contributed by atoms with van der Waals surface area (Å²) in [4.78, 5) is 4.12. The first-order valence-electron chi connectivity index (χ1n) is 4.77. The molecule has 0 bridgehead atoms. The zero-order valence-electron chi connectivity index (χ0n) is 8.03. The van der Waals surface area contributed by atoms with E-state index in [1.807, 2.05) is 12.4 Å². The minimum atomic E-state index is -0.0547. The zero-order chi connectivity index (χ0) is 9.60. The first-order valence-corrected chi connectivity index (χ1v) is 4.77. The number of nitrogens with zero attached hydrogens (tertiary/aromatic N) is 1. The number of fused-ring (bicyclic) bond motifs is 1. The summed E-state index contributed by atoms with van der Waals surface area (Å²) in [6.07, 6.45) is 3.72. The molecule has 2 heteroatoms. The molecule has 1 aromatic carbocycles. The standard InChI is InChI=1S/C12H11NO/c1-12(8-14-12)11-4-2-3-9-7-13-6-5-10(9)11/h2-7H,8H2,1H3. The third-order valence-electron chi connectivity index (χ3n) is 2.83. The molecule has 1 aliphatic heterocycles. The smallest absolute Gasteiger partial charge is 0.114 e. The second-order valence-electron chi connectivity index (χ2n) is 3.92. The van der Waals surface area contributed by atoms with E-state index >= 15 is 0 Å². The van der Waals surface area contributed by atoms with Gasteiger partial charge in [-0.15, -0.1) is 0 Å². The first kappa shape index (κ1) is 7.94. The summed E-state index contributed by atoms with van der Waals surface area (Å²) in [5, 5.41) is 2.43. The maximum absolute atomic E-state index is 5.47. The lowest BCUT2D eigenvalue weighted by molar-refractivity contribution is 0.331. The van der Waals surface area contributed by atoms with Crippen LogP contribution < -0.4 is 0 Å². The van der Waals surface area contributed by atoms with Gasteiger partial charge in [0.15, 0.2) is 0 Å². The van der Waals surface area contributed by atoms with Crippen LogP contribution in [0, 0.1) is 0 Å². The molecule has 0 spiro atoms. The SMILES string of the molecule is CC1(c2cccc3cnccc23)CO1. The van der Waals surface area contributed by atoms with Gasteiger partial charge in [-0.1, -0.05) is 18.2 Å². The molecule has 1 aromatic heterocycles. The van der Waals surface area contributed by atoms with Crippen LogP contribution in [0.25, 0.3) is 10.8 Å². The number of hydrogen-bond donors (Lipinski definition) is 0. The molecule has 1 aliphatic rings. The minimum Gasteiger partial charge on any atom is -0.365 e. The van der Waals surface area contributed by atoms with E-state index in [-0.39, 0.29) is 5.60 Å². The maximum Gasteiger partial charge on any atom is 0.114 e. The van der Waals surface area contributed by atoms with Crippen molar-refractivity contribution in [3.05, 3.63) is 42.2 Å². The van der Waals surface area contributed by atoms with Crippen LogP contribution >= 0.6 is 0 Å². The number of ether oxygens (including phenoxy) is 1. The molecule has 0 N–H and O–H groups in total.